The summed E-state index contributed by atoms with van der Waals surface area (Å²) in [6, 6.07) is 3.77. The molecular weight excluding hydrogens is 410 g/mol. The van der Waals surface area contributed by atoms with Gasteiger partial charge in [0, 0.05) is 17.7 Å². The van der Waals surface area contributed by atoms with Gasteiger partial charge in [0.1, 0.15) is 11.8 Å². The Labute approximate surface area is 188 Å². The average molecular weight is 442 g/mol. The quantitative estimate of drug-likeness (QED) is 0.659. The van der Waals surface area contributed by atoms with Crippen LogP contribution in [0.3, 0.4) is 0 Å². The maximum absolute atomic E-state index is 13.1. The molecule has 1 aromatic heterocycles. The molecular formula is C25H31NO6. The second-order valence-corrected chi connectivity index (χ2v) is 8.82. The van der Waals surface area contributed by atoms with Gasteiger partial charge in [-0.2, -0.15) is 0 Å². The zero-order chi connectivity index (χ0) is 23.0. The number of aromatic amines is 1. The molecule has 2 aliphatic carbocycles. The Morgan fingerprint density at radius 3 is 2.28 bits per heavy atom. The first-order valence-corrected chi connectivity index (χ1v) is 11.1. The molecule has 0 aliphatic heterocycles. The van der Waals surface area contributed by atoms with Crippen molar-refractivity contribution >= 4 is 11.8 Å². The van der Waals surface area contributed by atoms with Crippen LogP contribution in [0.25, 0.3) is 0 Å². The van der Waals surface area contributed by atoms with Crippen molar-refractivity contribution in [3.05, 3.63) is 40.2 Å². The standard InChI is InChI=1S/C25H31NO6/c1-13-7-6-8-19(13)32-25(28)23-14(2)22-17(26-23)9-15(10-18(22)27)16-11-20(29-3)24(31-5)21(12-16)30-4/h11-13,15,19,26H,6-10H2,1-5H3/t13-,15+,19+/m0/s1. The monoisotopic (exact) mass is 441 g/mol. The number of ether oxygens (including phenoxy) is 4. The molecule has 0 radical (unpaired) electrons. The minimum absolute atomic E-state index is 0.0204. The van der Waals surface area contributed by atoms with Crippen LogP contribution < -0.4 is 14.2 Å². The summed E-state index contributed by atoms with van der Waals surface area (Å²) in [6.45, 7) is 3.94. The van der Waals surface area contributed by atoms with E-state index in [1.54, 1.807) is 21.3 Å². The summed E-state index contributed by atoms with van der Waals surface area (Å²) < 4.78 is 22.1. The second kappa shape index (κ2) is 8.88. The highest BCUT2D eigenvalue weighted by molar-refractivity contribution is 6.03. The van der Waals surface area contributed by atoms with Crippen molar-refractivity contribution in [1.82, 2.24) is 4.98 Å². The van der Waals surface area contributed by atoms with E-state index in [-0.39, 0.29) is 23.8 Å². The van der Waals surface area contributed by atoms with Crippen LogP contribution in [0.4, 0.5) is 0 Å². The number of esters is 1. The molecule has 2 aliphatic rings. The molecule has 7 nitrogen and oxygen atoms in total. The van der Waals surface area contributed by atoms with E-state index in [9.17, 15) is 9.59 Å². The molecule has 1 aromatic carbocycles. The summed E-state index contributed by atoms with van der Waals surface area (Å²) in [5.41, 5.74) is 3.41. The number of carbonyl (C=O) groups is 2. The fourth-order valence-electron chi connectivity index (χ4n) is 5.09. The third kappa shape index (κ3) is 3.85. The molecule has 0 saturated heterocycles. The zero-order valence-corrected chi connectivity index (χ0v) is 19.4. The van der Waals surface area contributed by atoms with E-state index in [1.165, 1.54) is 0 Å². The van der Waals surface area contributed by atoms with Crippen LogP contribution in [-0.2, 0) is 11.2 Å². The van der Waals surface area contributed by atoms with Gasteiger partial charge in [-0.3, -0.25) is 4.79 Å². The summed E-state index contributed by atoms with van der Waals surface area (Å²) in [5.74, 6) is 1.58. The van der Waals surface area contributed by atoms with Crippen molar-refractivity contribution in [3.8, 4) is 17.2 Å². The predicted molar refractivity (Wildman–Crippen MR) is 119 cm³/mol. The van der Waals surface area contributed by atoms with Crippen molar-refractivity contribution in [1.29, 1.82) is 0 Å². The van der Waals surface area contributed by atoms with Crippen molar-refractivity contribution in [2.24, 2.45) is 5.92 Å². The third-order valence-electron chi connectivity index (χ3n) is 6.89. The minimum Gasteiger partial charge on any atom is -0.493 e. The van der Waals surface area contributed by atoms with Crippen LogP contribution in [0.15, 0.2) is 12.1 Å². The highest BCUT2D eigenvalue weighted by atomic mass is 16.5. The number of carbonyl (C=O) groups excluding carboxylic acids is 2. The topological polar surface area (TPSA) is 86.9 Å². The molecule has 2 aromatic rings. The molecule has 1 heterocycles. The predicted octanol–water partition coefficient (Wildman–Crippen LogP) is 4.61. The average Bonchev–Trinajstić information content (AvgIpc) is 3.35. The molecule has 0 spiro atoms. The van der Waals surface area contributed by atoms with Crippen LogP contribution in [0.5, 0.6) is 17.2 Å². The van der Waals surface area contributed by atoms with E-state index in [1.807, 2.05) is 19.1 Å². The van der Waals surface area contributed by atoms with Gasteiger partial charge in [0.25, 0.3) is 0 Å². The first kappa shape index (κ1) is 22.2. The van der Waals surface area contributed by atoms with E-state index in [4.69, 9.17) is 18.9 Å². The van der Waals surface area contributed by atoms with Gasteiger partial charge in [-0.1, -0.05) is 6.92 Å². The van der Waals surface area contributed by atoms with Gasteiger partial charge in [-0.05, 0) is 67.7 Å². The molecule has 0 amide bonds. The first-order valence-electron chi connectivity index (χ1n) is 11.1. The number of aromatic nitrogens is 1. The Kier molecular flexibility index (Phi) is 6.17. The number of nitrogens with one attached hydrogen (secondary N) is 1. The van der Waals surface area contributed by atoms with Crippen LogP contribution in [0.2, 0.25) is 0 Å². The molecule has 172 valence electrons. The smallest absolute Gasteiger partial charge is 0.355 e. The summed E-state index contributed by atoms with van der Waals surface area (Å²) >= 11 is 0. The van der Waals surface area contributed by atoms with E-state index >= 15 is 0 Å². The number of hydrogen-bond acceptors (Lipinski definition) is 6. The van der Waals surface area contributed by atoms with E-state index in [0.717, 1.165) is 30.5 Å². The molecule has 0 bridgehead atoms. The van der Waals surface area contributed by atoms with Gasteiger partial charge >= 0.3 is 5.97 Å². The number of methoxy groups -OCH3 is 3. The minimum atomic E-state index is -0.368. The normalized spacial score (nSPS) is 22.4. The Hall–Kier alpha value is -2.96. The molecule has 32 heavy (non-hydrogen) atoms. The van der Waals surface area contributed by atoms with Gasteiger partial charge in [-0.15, -0.1) is 0 Å². The number of ketones is 1. The van der Waals surface area contributed by atoms with Gasteiger partial charge in [0.15, 0.2) is 17.3 Å². The highest BCUT2D eigenvalue weighted by Gasteiger charge is 2.34. The van der Waals surface area contributed by atoms with Gasteiger partial charge in [0.2, 0.25) is 5.75 Å². The van der Waals surface area contributed by atoms with Crippen molar-refractivity contribution in [2.75, 3.05) is 21.3 Å². The molecule has 1 fully saturated rings. The number of hydrogen-bond donors (Lipinski definition) is 1. The largest absolute Gasteiger partial charge is 0.493 e. The maximum atomic E-state index is 13.1. The van der Waals surface area contributed by atoms with Crippen LogP contribution in [0, 0.1) is 12.8 Å². The van der Waals surface area contributed by atoms with Gasteiger partial charge < -0.3 is 23.9 Å². The van der Waals surface area contributed by atoms with E-state index in [2.05, 4.69) is 11.9 Å². The fourth-order valence-corrected chi connectivity index (χ4v) is 5.09. The number of Topliss-reactive ketones (excluding diaryl/α,β-unsaturated/α-hetero) is 1. The zero-order valence-electron chi connectivity index (χ0n) is 19.4. The lowest BCUT2D eigenvalue weighted by Gasteiger charge is -2.24. The summed E-state index contributed by atoms with van der Waals surface area (Å²) in [7, 11) is 4.70. The Morgan fingerprint density at radius 2 is 1.72 bits per heavy atom. The van der Waals surface area contributed by atoms with Crippen molar-refractivity contribution in [3.63, 3.8) is 0 Å². The summed E-state index contributed by atoms with van der Waals surface area (Å²) in [4.78, 5) is 29.2. The second-order valence-electron chi connectivity index (χ2n) is 8.82. The Bertz CT molecular complexity index is 1010. The van der Waals surface area contributed by atoms with Crippen LogP contribution >= 0.6 is 0 Å². The van der Waals surface area contributed by atoms with Gasteiger partial charge in [0.05, 0.1) is 21.3 Å². The van der Waals surface area contributed by atoms with E-state index < -0.39 is 0 Å². The Balaban J connectivity index is 1.62. The number of rotatable bonds is 6. The number of benzene rings is 1. The third-order valence-corrected chi connectivity index (χ3v) is 6.89. The lowest BCUT2D eigenvalue weighted by atomic mass is 9.81. The molecule has 1 saturated carbocycles. The highest BCUT2D eigenvalue weighted by Crippen LogP contribution is 2.43. The number of H-pyrrole nitrogens is 1. The first-order chi connectivity index (χ1) is 15.4. The maximum Gasteiger partial charge on any atom is 0.355 e. The van der Waals surface area contributed by atoms with Crippen molar-refractivity contribution in [2.45, 2.75) is 58.0 Å². The van der Waals surface area contributed by atoms with Gasteiger partial charge in [-0.25, -0.2) is 4.79 Å². The van der Waals surface area contributed by atoms with Crippen LogP contribution in [0.1, 0.15) is 76.2 Å². The molecule has 7 heteroatoms. The van der Waals surface area contributed by atoms with Crippen molar-refractivity contribution < 1.29 is 28.5 Å². The molecule has 1 N–H and O–H groups in total. The summed E-state index contributed by atoms with van der Waals surface area (Å²) in [6.07, 6.45) is 3.95. The van der Waals surface area contributed by atoms with E-state index in [0.29, 0.717) is 52.8 Å². The Morgan fingerprint density at radius 1 is 1.03 bits per heavy atom. The lowest BCUT2D eigenvalue weighted by molar-refractivity contribution is 0.0219. The molecule has 4 rings (SSSR count). The fraction of sp³-hybridized carbons (Fsp3) is 0.520. The molecule has 3 atom stereocenters. The van der Waals surface area contributed by atoms with Crippen LogP contribution in [-0.4, -0.2) is 44.2 Å². The lowest BCUT2D eigenvalue weighted by Crippen LogP contribution is -2.21. The number of fused-ring (bicyclic) bond motifs is 1. The molecule has 0 unspecified atom stereocenters. The SMILES string of the molecule is COc1cc([C@H]2CC(=O)c3c([nH]c(C(=O)O[C@@H]4CCC[C@@H]4C)c3C)C2)cc(OC)c1OC. The summed E-state index contributed by atoms with van der Waals surface area (Å²) in [5, 5.41) is 0.